The van der Waals surface area contributed by atoms with Crippen LogP contribution in [0.1, 0.15) is 22.0 Å². The lowest BCUT2D eigenvalue weighted by atomic mass is 10.1. The van der Waals surface area contributed by atoms with Gasteiger partial charge in [0, 0.05) is 4.88 Å². The van der Waals surface area contributed by atoms with Gasteiger partial charge in [0.1, 0.15) is 5.75 Å². The lowest BCUT2D eigenvalue weighted by Gasteiger charge is -2.14. The standard InChI is InChI=1S/C13H11ClF3NOS/c1-7-6-20-12(10(7)14)11(18)8-3-2-4-9(5-8)19-13(15,16)17/h2-6,11H,18H2,1H3. The lowest BCUT2D eigenvalue weighted by Crippen LogP contribution is -2.18. The minimum atomic E-state index is -4.72. The van der Waals surface area contributed by atoms with Gasteiger partial charge in [-0.2, -0.15) is 0 Å². The molecule has 1 aromatic carbocycles. The number of hydrogen-bond acceptors (Lipinski definition) is 3. The van der Waals surface area contributed by atoms with Crippen molar-refractivity contribution in [3.63, 3.8) is 0 Å². The van der Waals surface area contributed by atoms with E-state index in [1.807, 2.05) is 12.3 Å². The quantitative estimate of drug-likeness (QED) is 0.892. The molecule has 0 bridgehead atoms. The third-order valence-corrected chi connectivity index (χ3v) is 4.46. The topological polar surface area (TPSA) is 35.2 Å². The Labute approximate surface area is 122 Å². The van der Waals surface area contributed by atoms with Crippen LogP contribution in [0.3, 0.4) is 0 Å². The summed E-state index contributed by atoms with van der Waals surface area (Å²) in [5, 5.41) is 2.40. The van der Waals surface area contributed by atoms with Crippen LogP contribution >= 0.6 is 22.9 Å². The summed E-state index contributed by atoms with van der Waals surface area (Å²) in [5.41, 5.74) is 7.46. The van der Waals surface area contributed by atoms with E-state index in [1.165, 1.54) is 29.5 Å². The highest BCUT2D eigenvalue weighted by Crippen LogP contribution is 2.35. The maximum atomic E-state index is 12.2. The summed E-state index contributed by atoms with van der Waals surface area (Å²) in [6.07, 6.45) is -4.72. The van der Waals surface area contributed by atoms with Gasteiger partial charge in [-0.1, -0.05) is 23.7 Å². The third-order valence-electron chi connectivity index (χ3n) is 2.66. The van der Waals surface area contributed by atoms with Crippen LogP contribution in [-0.2, 0) is 0 Å². The monoisotopic (exact) mass is 321 g/mol. The molecule has 0 saturated carbocycles. The Bertz CT molecular complexity index is 612. The number of thiophene rings is 1. The largest absolute Gasteiger partial charge is 0.573 e. The molecule has 1 unspecified atom stereocenters. The lowest BCUT2D eigenvalue weighted by molar-refractivity contribution is -0.274. The third kappa shape index (κ3) is 3.45. The van der Waals surface area contributed by atoms with Crippen molar-refractivity contribution in [2.75, 3.05) is 0 Å². The van der Waals surface area contributed by atoms with E-state index in [9.17, 15) is 13.2 Å². The van der Waals surface area contributed by atoms with Crippen LogP contribution in [0.4, 0.5) is 13.2 Å². The summed E-state index contributed by atoms with van der Waals surface area (Å²) in [5.74, 6) is -0.296. The van der Waals surface area contributed by atoms with Gasteiger partial charge in [-0.25, -0.2) is 0 Å². The summed E-state index contributed by atoms with van der Waals surface area (Å²) in [4.78, 5) is 0.716. The van der Waals surface area contributed by atoms with Gasteiger partial charge >= 0.3 is 6.36 Å². The molecule has 108 valence electrons. The van der Waals surface area contributed by atoms with Crippen molar-refractivity contribution in [3.05, 3.63) is 50.7 Å². The second-order valence-electron chi connectivity index (χ2n) is 4.19. The highest BCUT2D eigenvalue weighted by molar-refractivity contribution is 7.10. The average Bonchev–Trinajstić information content (AvgIpc) is 2.67. The molecule has 0 spiro atoms. The molecule has 0 amide bonds. The highest BCUT2D eigenvalue weighted by atomic mass is 35.5. The zero-order chi connectivity index (χ0) is 14.9. The van der Waals surface area contributed by atoms with Gasteiger partial charge in [0.05, 0.1) is 11.1 Å². The van der Waals surface area contributed by atoms with Crippen molar-refractivity contribution in [2.45, 2.75) is 19.3 Å². The molecule has 2 N–H and O–H groups in total. The van der Waals surface area contributed by atoms with Crippen LogP contribution in [0.25, 0.3) is 0 Å². The number of benzene rings is 1. The number of aryl methyl sites for hydroxylation is 1. The Morgan fingerprint density at radius 2 is 2.05 bits per heavy atom. The Morgan fingerprint density at radius 1 is 1.35 bits per heavy atom. The average molecular weight is 322 g/mol. The number of ether oxygens (including phenoxy) is 1. The van der Waals surface area contributed by atoms with E-state index in [4.69, 9.17) is 17.3 Å². The molecular weight excluding hydrogens is 311 g/mol. The molecule has 0 fully saturated rings. The molecule has 1 atom stereocenters. The van der Waals surface area contributed by atoms with Gasteiger partial charge < -0.3 is 10.5 Å². The minimum Gasteiger partial charge on any atom is -0.406 e. The SMILES string of the molecule is Cc1csc(C(N)c2cccc(OC(F)(F)F)c2)c1Cl. The summed E-state index contributed by atoms with van der Waals surface area (Å²) < 4.78 is 40.5. The Hall–Kier alpha value is -1.24. The van der Waals surface area contributed by atoms with Gasteiger partial charge in [0.15, 0.2) is 0 Å². The fourth-order valence-electron chi connectivity index (χ4n) is 1.72. The molecule has 2 aromatic rings. The van der Waals surface area contributed by atoms with E-state index in [0.717, 1.165) is 5.56 Å². The molecule has 0 aliphatic rings. The summed E-state index contributed by atoms with van der Waals surface area (Å²) in [6.45, 7) is 1.85. The maximum absolute atomic E-state index is 12.2. The zero-order valence-electron chi connectivity index (χ0n) is 10.4. The molecular formula is C13H11ClF3NOS. The van der Waals surface area contributed by atoms with Crippen molar-refractivity contribution in [1.82, 2.24) is 0 Å². The van der Waals surface area contributed by atoms with Crippen molar-refractivity contribution < 1.29 is 17.9 Å². The first-order chi connectivity index (χ1) is 9.28. The number of hydrogen-bond donors (Lipinski definition) is 1. The Balaban J connectivity index is 2.29. The Kier molecular flexibility index (Phi) is 4.27. The van der Waals surface area contributed by atoms with Crippen molar-refractivity contribution >= 4 is 22.9 Å². The first kappa shape index (κ1) is 15.2. The molecule has 1 heterocycles. The first-order valence-electron chi connectivity index (χ1n) is 5.62. The van der Waals surface area contributed by atoms with Gasteiger partial charge in [-0.3, -0.25) is 0 Å². The first-order valence-corrected chi connectivity index (χ1v) is 6.88. The van der Waals surface area contributed by atoms with E-state index < -0.39 is 12.4 Å². The smallest absolute Gasteiger partial charge is 0.406 e. The van der Waals surface area contributed by atoms with Crippen LogP contribution in [0.15, 0.2) is 29.6 Å². The molecule has 7 heteroatoms. The van der Waals surface area contributed by atoms with Gasteiger partial charge in [-0.05, 0) is 35.6 Å². The molecule has 0 radical (unpaired) electrons. The van der Waals surface area contributed by atoms with Gasteiger partial charge in [-0.15, -0.1) is 24.5 Å². The summed E-state index contributed by atoms with van der Waals surface area (Å²) in [7, 11) is 0. The number of halogens is 4. The van der Waals surface area contributed by atoms with Gasteiger partial charge in [0.25, 0.3) is 0 Å². The summed E-state index contributed by atoms with van der Waals surface area (Å²) >= 11 is 7.50. The number of alkyl halides is 3. The van der Waals surface area contributed by atoms with E-state index in [0.29, 0.717) is 15.5 Å². The zero-order valence-corrected chi connectivity index (χ0v) is 11.9. The van der Waals surface area contributed by atoms with Crippen LogP contribution in [-0.4, -0.2) is 6.36 Å². The van der Waals surface area contributed by atoms with Crippen molar-refractivity contribution in [1.29, 1.82) is 0 Å². The molecule has 0 aliphatic carbocycles. The normalized spacial score (nSPS) is 13.3. The van der Waals surface area contributed by atoms with Crippen LogP contribution in [0, 0.1) is 6.92 Å². The predicted octanol–water partition coefficient (Wildman–Crippen LogP) is 4.66. The Morgan fingerprint density at radius 3 is 2.60 bits per heavy atom. The van der Waals surface area contributed by atoms with Crippen LogP contribution < -0.4 is 10.5 Å². The highest BCUT2D eigenvalue weighted by Gasteiger charge is 2.31. The molecule has 2 rings (SSSR count). The van der Waals surface area contributed by atoms with E-state index >= 15 is 0 Å². The fourth-order valence-corrected chi connectivity index (χ4v) is 3.06. The number of nitrogens with two attached hydrogens (primary N) is 1. The van der Waals surface area contributed by atoms with Crippen LogP contribution in [0.5, 0.6) is 5.75 Å². The molecule has 0 aliphatic heterocycles. The fraction of sp³-hybridized carbons (Fsp3) is 0.231. The van der Waals surface area contributed by atoms with Crippen molar-refractivity contribution in [2.24, 2.45) is 5.73 Å². The second-order valence-corrected chi connectivity index (χ2v) is 5.48. The number of rotatable bonds is 3. The maximum Gasteiger partial charge on any atom is 0.573 e. The van der Waals surface area contributed by atoms with Crippen molar-refractivity contribution in [3.8, 4) is 5.75 Å². The van der Waals surface area contributed by atoms with E-state index in [-0.39, 0.29) is 5.75 Å². The predicted molar refractivity (Wildman–Crippen MR) is 73.2 cm³/mol. The minimum absolute atomic E-state index is 0.296. The second kappa shape index (κ2) is 5.63. The molecule has 1 aromatic heterocycles. The summed E-state index contributed by atoms with van der Waals surface area (Å²) in [6, 6.07) is 5.01. The van der Waals surface area contributed by atoms with Crippen LogP contribution in [0.2, 0.25) is 5.02 Å². The van der Waals surface area contributed by atoms with E-state index in [2.05, 4.69) is 4.74 Å². The molecule has 2 nitrogen and oxygen atoms in total. The molecule has 20 heavy (non-hydrogen) atoms. The van der Waals surface area contributed by atoms with Gasteiger partial charge in [0.2, 0.25) is 0 Å². The van der Waals surface area contributed by atoms with E-state index in [1.54, 1.807) is 6.07 Å². The molecule has 0 saturated heterocycles.